The Labute approximate surface area is 183 Å². The first-order valence-corrected chi connectivity index (χ1v) is 11.2. The fourth-order valence-corrected chi connectivity index (χ4v) is 6.80. The molecule has 0 spiro atoms. The van der Waals surface area contributed by atoms with E-state index in [-0.39, 0.29) is 30.0 Å². The van der Waals surface area contributed by atoms with Gasteiger partial charge in [0.25, 0.3) is 0 Å². The second kappa shape index (κ2) is 7.44. The van der Waals surface area contributed by atoms with E-state index in [0.29, 0.717) is 19.4 Å². The molecule has 0 radical (unpaired) electrons. The molecule has 4 rings (SSSR count). The number of aliphatic hydroxyl groups is 1. The molecule has 0 bridgehead atoms. The molecule has 6 heteroatoms. The second-order valence-electron chi connectivity index (χ2n) is 9.90. The van der Waals surface area contributed by atoms with Gasteiger partial charge in [0, 0.05) is 30.1 Å². The third-order valence-corrected chi connectivity index (χ3v) is 8.36. The Balaban J connectivity index is 1.66. The Morgan fingerprint density at radius 1 is 1.29 bits per heavy atom. The topological polar surface area (TPSA) is 89.9 Å². The maximum atomic E-state index is 13.6. The van der Waals surface area contributed by atoms with E-state index in [1.54, 1.807) is 0 Å². The minimum Gasteiger partial charge on any atom is -0.494 e. The van der Waals surface area contributed by atoms with Crippen molar-refractivity contribution in [2.75, 3.05) is 13.2 Å². The van der Waals surface area contributed by atoms with Crippen molar-refractivity contribution in [2.45, 2.75) is 59.0 Å². The molecule has 0 aromatic rings. The average Bonchev–Trinajstić information content (AvgIpc) is 2.98. The van der Waals surface area contributed by atoms with E-state index in [1.165, 1.54) is 6.92 Å². The average molecular weight is 429 g/mol. The lowest BCUT2D eigenvalue weighted by Gasteiger charge is -2.55. The molecule has 0 amide bonds. The number of Topliss-reactive ketones (excluding diaryl/α,β-unsaturated/α-hetero) is 2. The van der Waals surface area contributed by atoms with Gasteiger partial charge in [-0.25, -0.2) is 0 Å². The monoisotopic (exact) mass is 428 g/mol. The first-order valence-electron chi connectivity index (χ1n) is 11.2. The highest BCUT2D eigenvalue weighted by atomic mass is 16.5. The maximum absolute atomic E-state index is 13.6. The van der Waals surface area contributed by atoms with Crippen molar-refractivity contribution < 1.29 is 29.0 Å². The third kappa shape index (κ3) is 3.13. The molecule has 2 fully saturated rings. The summed E-state index contributed by atoms with van der Waals surface area (Å²) in [6, 6.07) is 0. The van der Waals surface area contributed by atoms with Gasteiger partial charge < -0.3 is 14.6 Å². The molecule has 168 valence electrons. The summed E-state index contributed by atoms with van der Waals surface area (Å²) in [5, 5.41) is 11.5. The molecule has 2 saturated carbocycles. The quantitative estimate of drug-likeness (QED) is 0.676. The van der Waals surface area contributed by atoms with Crippen LogP contribution in [0.3, 0.4) is 0 Å². The fraction of sp³-hybridized carbons (Fsp3) is 0.640. The number of carbonyl (C=O) groups excluding carboxylic acids is 3. The number of fused-ring (bicyclic) bond motifs is 5. The van der Waals surface area contributed by atoms with Crippen molar-refractivity contribution in [2.24, 2.45) is 28.6 Å². The van der Waals surface area contributed by atoms with Gasteiger partial charge in [0.05, 0.1) is 6.61 Å². The Kier molecular flexibility index (Phi) is 5.28. The van der Waals surface area contributed by atoms with Crippen LogP contribution in [0, 0.1) is 28.6 Å². The van der Waals surface area contributed by atoms with Gasteiger partial charge in [-0.15, -0.1) is 0 Å². The molecule has 6 nitrogen and oxygen atoms in total. The summed E-state index contributed by atoms with van der Waals surface area (Å²) in [7, 11) is 0. The molecule has 0 saturated heterocycles. The fourth-order valence-electron chi connectivity index (χ4n) is 6.80. The van der Waals surface area contributed by atoms with E-state index in [2.05, 4.69) is 19.1 Å². The number of ether oxygens (including phenoxy) is 2. The number of hydrogen-bond donors (Lipinski definition) is 1. The van der Waals surface area contributed by atoms with E-state index >= 15 is 0 Å². The van der Waals surface area contributed by atoms with E-state index < -0.39 is 34.8 Å². The number of esters is 1. The van der Waals surface area contributed by atoms with Gasteiger partial charge in [0.2, 0.25) is 5.78 Å². The molecule has 0 unspecified atom stereocenters. The normalized spacial score (nSPS) is 40.8. The van der Waals surface area contributed by atoms with E-state index in [0.717, 1.165) is 17.8 Å². The van der Waals surface area contributed by atoms with Gasteiger partial charge in [-0.3, -0.25) is 14.4 Å². The highest BCUT2D eigenvalue weighted by molar-refractivity contribution is 5.93. The molecule has 0 heterocycles. The minimum atomic E-state index is -1.65. The third-order valence-electron chi connectivity index (χ3n) is 8.36. The molecule has 31 heavy (non-hydrogen) atoms. The molecular weight excluding hydrogens is 396 g/mol. The highest BCUT2D eigenvalue weighted by Crippen LogP contribution is 2.65. The second-order valence-corrected chi connectivity index (χ2v) is 9.90. The van der Waals surface area contributed by atoms with Gasteiger partial charge in [0.15, 0.2) is 6.61 Å². The Hall–Kier alpha value is -2.21. The Morgan fingerprint density at radius 3 is 2.71 bits per heavy atom. The standard InChI is InChI=1S/C25H32O6/c1-5-30-17-8-10-23(3)16(12-17)6-7-18-19-9-11-25(29,21(28)14-31-15(2)26)24(19,4)13-20(27)22(18)23/h6,8,10,12,18-19,22,29H,5,7,9,11,13-14H2,1-4H3/t18-,19-,22+,23-,24-,25-/m0/s1. The summed E-state index contributed by atoms with van der Waals surface area (Å²) in [5.74, 6) is -0.243. The zero-order valence-corrected chi connectivity index (χ0v) is 18.8. The largest absolute Gasteiger partial charge is 0.494 e. The van der Waals surface area contributed by atoms with Crippen molar-refractivity contribution in [1.82, 2.24) is 0 Å². The lowest BCUT2D eigenvalue weighted by atomic mass is 9.47. The Bertz CT molecular complexity index is 913. The summed E-state index contributed by atoms with van der Waals surface area (Å²) in [6.07, 6.45) is 10.1. The SMILES string of the molecule is CCOC1=CC2=CC[C@@H]3[C@H](C(=O)C[C@@]4(C)[C@H]3CC[C@]4(O)C(=O)COC(C)=O)[C@@]2(C)C=C1. The van der Waals surface area contributed by atoms with Crippen LogP contribution < -0.4 is 0 Å². The summed E-state index contributed by atoms with van der Waals surface area (Å²) in [5.41, 5.74) is -1.81. The van der Waals surface area contributed by atoms with Gasteiger partial charge in [-0.05, 0) is 55.7 Å². The van der Waals surface area contributed by atoms with Crippen LogP contribution in [0.2, 0.25) is 0 Å². The first-order chi connectivity index (χ1) is 14.6. The van der Waals surface area contributed by atoms with Gasteiger partial charge in [-0.1, -0.05) is 26.0 Å². The predicted molar refractivity (Wildman–Crippen MR) is 114 cm³/mol. The summed E-state index contributed by atoms with van der Waals surface area (Å²) in [6.45, 7) is 7.30. The van der Waals surface area contributed by atoms with Gasteiger partial charge >= 0.3 is 5.97 Å². The molecule has 0 aromatic heterocycles. The van der Waals surface area contributed by atoms with Crippen LogP contribution in [0.25, 0.3) is 0 Å². The van der Waals surface area contributed by atoms with E-state index in [9.17, 15) is 19.5 Å². The van der Waals surface area contributed by atoms with Crippen LogP contribution in [-0.4, -0.2) is 41.5 Å². The summed E-state index contributed by atoms with van der Waals surface area (Å²) >= 11 is 0. The van der Waals surface area contributed by atoms with Gasteiger partial charge in [0.1, 0.15) is 17.1 Å². The van der Waals surface area contributed by atoms with Crippen LogP contribution in [-0.2, 0) is 23.9 Å². The van der Waals surface area contributed by atoms with Crippen LogP contribution in [0.15, 0.2) is 35.6 Å². The summed E-state index contributed by atoms with van der Waals surface area (Å²) < 4.78 is 10.5. The highest BCUT2D eigenvalue weighted by Gasteiger charge is 2.68. The molecule has 1 N–H and O–H groups in total. The molecular formula is C25H32O6. The molecule has 6 atom stereocenters. The molecule has 4 aliphatic rings. The van der Waals surface area contributed by atoms with Crippen molar-refractivity contribution in [3.8, 4) is 0 Å². The Morgan fingerprint density at radius 2 is 2.03 bits per heavy atom. The zero-order valence-electron chi connectivity index (χ0n) is 18.8. The lowest BCUT2D eigenvalue weighted by molar-refractivity contribution is -0.171. The molecule has 0 aliphatic heterocycles. The van der Waals surface area contributed by atoms with E-state index in [4.69, 9.17) is 9.47 Å². The number of rotatable bonds is 5. The maximum Gasteiger partial charge on any atom is 0.303 e. The van der Waals surface area contributed by atoms with Crippen LogP contribution in [0.1, 0.15) is 53.4 Å². The molecule has 0 aromatic carbocycles. The smallest absolute Gasteiger partial charge is 0.303 e. The van der Waals surface area contributed by atoms with Crippen molar-refractivity contribution >= 4 is 17.5 Å². The van der Waals surface area contributed by atoms with Crippen LogP contribution >= 0.6 is 0 Å². The van der Waals surface area contributed by atoms with Crippen molar-refractivity contribution in [3.05, 3.63) is 35.6 Å². The number of hydrogen-bond acceptors (Lipinski definition) is 6. The van der Waals surface area contributed by atoms with E-state index in [1.807, 2.05) is 26.0 Å². The minimum absolute atomic E-state index is 0.0433. The van der Waals surface area contributed by atoms with Crippen LogP contribution in [0.4, 0.5) is 0 Å². The van der Waals surface area contributed by atoms with Crippen molar-refractivity contribution in [3.63, 3.8) is 0 Å². The molecule has 4 aliphatic carbocycles. The number of ketones is 2. The number of carbonyl (C=O) groups is 3. The number of allylic oxidation sites excluding steroid dienone is 5. The zero-order chi connectivity index (χ0) is 22.6. The summed E-state index contributed by atoms with van der Waals surface area (Å²) in [4.78, 5) is 37.7. The lowest BCUT2D eigenvalue weighted by Crippen LogP contribution is -2.60. The first kappa shape index (κ1) is 22.0. The van der Waals surface area contributed by atoms with Gasteiger partial charge in [-0.2, -0.15) is 0 Å². The predicted octanol–water partition coefficient (Wildman–Crippen LogP) is 3.30. The van der Waals surface area contributed by atoms with Crippen LogP contribution in [0.5, 0.6) is 0 Å². The van der Waals surface area contributed by atoms with Crippen molar-refractivity contribution in [1.29, 1.82) is 0 Å².